The summed E-state index contributed by atoms with van der Waals surface area (Å²) in [6.07, 6.45) is 1.04. The molecule has 0 amide bonds. The second-order valence-corrected chi connectivity index (χ2v) is 5.30. The topological polar surface area (TPSA) is 44.5 Å². The Morgan fingerprint density at radius 2 is 2.06 bits per heavy atom. The number of hydrogen-bond acceptors (Lipinski definition) is 4. The first-order valence-electron chi connectivity index (χ1n) is 5.73. The molecule has 3 nitrogen and oxygen atoms in total. The van der Waals surface area contributed by atoms with Crippen LogP contribution in [0.15, 0.2) is 18.2 Å². The third-order valence-corrected chi connectivity index (χ3v) is 3.87. The zero-order chi connectivity index (χ0) is 12.7. The lowest BCUT2D eigenvalue weighted by Gasteiger charge is -2.13. The average molecular weight is 255 g/mol. The molecule has 0 saturated heterocycles. The van der Waals surface area contributed by atoms with Gasteiger partial charge in [0, 0.05) is 16.6 Å². The molecule has 0 saturated carbocycles. The van der Waals surface area contributed by atoms with Crippen LogP contribution in [-0.4, -0.2) is 26.0 Å². The summed E-state index contributed by atoms with van der Waals surface area (Å²) in [5.41, 5.74) is 6.71. The number of nitrogens with two attached hydrogens (primary N) is 1. The van der Waals surface area contributed by atoms with E-state index >= 15 is 0 Å². The Bertz CT molecular complexity index is 344. The zero-order valence-electron chi connectivity index (χ0n) is 10.7. The van der Waals surface area contributed by atoms with Crippen LogP contribution < -0.4 is 15.2 Å². The van der Waals surface area contributed by atoms with Gasteiger partial charge in [0.2, 0.25) is 0 Å². The third kappa shape index (κ3) is 4.48. The molecule has 0 aliphatic carbocycles. The van der Waals surface area contributed by atoms with E-state index in [1.807, 2.05) is 30.0 Å². The maximum absolute atomic E-state index is 5.54. The summed E-state index contributed by atoms with van der Waals surface area (Å²) in [6.45, 7) is 2.94. The smallest absolute Gasteiger partial charge is 0.123 e. The van der Waals surface area contributed by atoms with Crippen LogP contribution in [0.3, 0.4) is 0 Å². The fraction of sp³-hybridized carbons (Fsp3) is 0.538. The van der Waals surface area contributed by atoms with Crippen LogP contribution in [0.1, 0.15) is 18.9 Å². The highest BCUT2D eigenvalue weighted by molar-refractivity contribution is 7.99. The van der Waals surface area contributed by atoms with Crippen LogP contribution in [0.2, 0.25) is 0 Å². The van der Waals surface area contributed by atoms with Crippen LogP contribution in [0, 0.1) is 0 Å². The number of ether oxygens (including phenoxy) is 2. The van der Waals surface area contributed by atoms with Gasteiger partial charge in [0.15, 0.2) is 0 Å². The first-order chi connectivity index (χ1) is 8.21. The number of rotatable bonds is 7. The molecule has 0 aliphatic rings. The van der Waals surface area contributed by atoms with Crippen molar-refractivity contribution in [3.8, 4) is 11.5 Å². The molecular formula is C13H21NO2S. The minimum atomic E-state index is 0.566. The summed E-state index contributed by atoms with van der Waals surface area (Å²) in [4.78, 5) is 0. The van der Waals surface area contributed by atoms with E-state index in [1.165, 1.54) is 5.56 Å². The Balaban J connectivity index is 2.67. The maximum atomic E-state index is 5.54. The van der Waals surface area contributed by atoms with Gasteiger partial charge >= 0.3 is 0 Å². The summed E-state index contributed by atoms with van der Waals surface area (Å²) in [5.74, 6) is 2.70. The van der Waals surface area contributed by atoms with Crippen molar-refractivity contribution in [2.45, 2.75) is 24.3 Å². The van der Waals surface area contributed by atoms with Crippen molar-refractivity contribution >= 4 is 11.8 Å². The second kappa shape index (κ2) is 7.45. The van der Waals surface area contributed by atoms with Gasteiger partial charge in [-0.25, -0.2) is 0 Å². The molecule has 96 valence electrons. The number of hydrogen-bond donors (Lipinski definition) is 1. The van der Waals surface area contributed by atoms with Crippen molar-refractivity contribution in [2.24, 2.45) is 5.73 Å². The van der Waals surface area contributed by atoms with Crippen molar-refractivity contribution < 1.29 is 9.47 Å². The summed E-state index contributed by atoms with van der Waals surface area (Å²) < 4.78 is 10.6. The van der Waals surface area contributed by atoms with Gasteiger partial charge in [-0.3, -0.25) is 0 Å². The first-order valence-corrected chi connectivity index (χ1v) is 6.78. The van der Waals surface area contributed by atoms with Gasteiger partial charge in [-0.15, -0.1) is 0 Å². The van der Waals surface area contributed by atoms with Gasteiger partial charge in [0.05, 0.1) is 14.2 Å². The number of benzene rings is 1. The van der Waals surface area contributed by atoms with Crippen molar-refractivity contribution in [2.75, 3.05) is 20.8 Å². The highest BCUT2D eigenvalue weighted by Crippen LogP contribution is 2.29. The number of thioether (sulfide) groups is 1. The molecular weight excluding hydrogens is 234 g/mol. The van der Waals surface area contributed by atoms with Crippen molar-refractivity contribution in [1.82, 2.24) is 0 Å². The lowest BCUT2D eigenvalue weighted by molar-refractivity contribution is 0.400. The van der Waals surface area contributed by atoms with Crippen molar-refractivity contribution in [3.05, 3.63) is 23.8 Å². The van der Waals surface area contributed by atoms with Crippen molar-refractivity contribution in [3.63, 3.8) is 0 Å². The predicted molar refractivity (Wildman–Crippen MR) is 74.0 cm³/mol. The van der Waals surface area contributed by atoms with E-state index in [-0.39, 0.29) is 0 Å². The van der Waals surface area contributed by atoms with E-state index in [2.05, 4.69) is 6.92 Å². The lowest BCUT2D eigenvalue weighted by atomic mass is 10.2. The monoisotopic (exact) mass is 255 g/mol. The second-order valence-electron chi connectivity index (χ2n) is 3.88. The van der Waals surface area contributed by atoms with E-state index in [0.717, 1.165) is 30.2 Å². The predicted octanol–water partition coefficient (Wildman–Crippen LogP) is 2.67. The quantitative estimate of drug-likeness (QED) is 0.813. The molecule has 2 N–H and O–H groups in total. The Morgan fingerprint density at radius 1 is 1.29 bits per heavy atom. The summed E-state index contributed by atoms with van der Waals surface area (Å²) in [5, 5.41) is 0.566. The van der Waals surface area contributed by atoms with E-state index < -0.39 is 0 Å². The fourth-order valence-corrected chi connectivity index (χ4v) is 2.54. The average Bonchev–Trinajstić information content (AvgIpc) is 2.36. The molecule has 0 aromatic heterocycles. The Morgan fingerprint density at radius 3 is 2.65 bits per heavy atom. The van der Waals surface area contributed by atoms with Gasteiger partial charge in [-0.2, -0.15) is 11.8 Å². The molecule has 0 radical (unpaired) electrons. The van der Waals surface area contributed by atoms with Gasteiger partial charge in [0.25, 0.3) is 0 Å². The summed E-state index contributed by atoms with van der Waals surface area (Å²) in [6, 6.07) is 5.89. The van der Waals surface area contributed by atoms with Crippen LogP contribution in [0.25, 0.3) is 0 Å². The normalized spacial score (nSPS) is 12.2. The molecule has 4 heteroatoms. The van der Waals surface area contributed by atoms with Gasteiger partial charge in [-0.05, 0) is 31.2 Å². The van der Waals surface area contributed by atoms with Crippen molar-refractivity contribution in [1.29, 1.82) is 0 Å². The van der Waals surface area contributed by atoms with Crippen LogP contribution in [0.4, 0.5) is 0 Å². The number of methoxy groups -OCH3 is 2. The standard InChI is InChI=1S/C13H21NO2S/c1-10(6-7-14)17-9-11-8-12(15-2)4-5-13(11)16-3/h4-5,8,10H,6-7,9,14H2,1-3H3. The molecule has 0 spiro atoms. The zero-order valence-corrected chi connectivity index (χ0v) is 11.5. The minimum Gasteiger partial charge on any atom is -0.497 e. The van der Waals surface area contributed by atoms with E-state index in [9.17, 15) is 0 Å². The Labute approximate surface area is 108 Å². The Kier molecular flexibility index (Phi) is 6.22. The fourth-order valence-electron chi connectivity index (χ4n) is 1.54. The molecule has 0 heterocycles. The van der Waals surface area contributed by atoms with E-state index in [4.69, 9.17) is 15.2 Å². The van der Waals surface area contributed by atoms with E-state index in [1.54, 1.807) is 14.2 Å². The van der Waals surface area contributed by atoms with Gasteiger partial charge < -0.3 is 15.2 Å². The molecule has 1 atom stereocenters. The Hall–Kier alpha value is -0.870. The summed E-state index contributed by atoms with van der Waals surface area (Å²) >= 11 is 1.89. The first kappa shape index (κ1) is 14.2. The SMILES string of the molecule is COc1ccc(OC)c(CSC(C)CCN)c1. The lowest BCUT2D eigenvalue weighted by Crippen LogP contribution is -2.07. The highest BCUT2D eigenvalue weighted by atomic mass is 32.2. The largest absolute Gasteiger partial charge is 0.497 e. The molecule has 1 aromatic carbocycles. The van der Waals surface area contributed by atoms with E-state index in [0.29, 0.717) is 5.25 Å². The van der Waals surface area contributed by atoms with Crippen LogP contribution >= 0.6 is 11.8 Å². The van der Waals surface area contributed by atoms with Gasteiger partial charge in [0.1, 0.15) is 11.5 Å². The highest BCUT2D eigenvalue weighted by Gasteiger charge is 2.08. The minimum absolute atomic E-state index is 0.566. The molecule has 17 heavy (non-hydrogen) atoms. The summed E-state index contributed by atoms with van der Waals surface area (Å²) in [7, 11) is 3.37. The van der Waals surface area contributed by atoms with Crippen LogP contribution in [0.5, 0.6) is 11.5 Å². The molecule has 0 aliphatic heterocycles. The maximum Gasteiger partial charge on any atom is 0.123 e. The molecule has 1 aromatic rings. The van der Waals surface area contributed by atoms with Crippen LogP contribution in [-0.2, 0) is 5.75 Å². The molecule has 1 rings (SSSR count). The molecule has 0 fully saturated rings. The molecule has 0 bridgehead atoms. The molecule has 1 unspecified atom stereocenters. The third-order valence-electron chi connectivity index (χ3n) is 2.58. The van der Waals surface area contributed by atoms with Gasteiger partial charge in [-0.1, -0.05) is 6.92 Å².